The quantitative estimate of drug-likeness (QED) is 0.651. The number of aryl methyl sites for hydroxylation is 1. The third-order valence-electron chi connectivity index (χ3n) is 6.30. The van der Waals surface area contributed by atoms with Gasteiger partial charge in [0.05, 0.1) is 41.5 Å². The van der Waals surface area contributed by atoms with Crippen LogP contribution in [-0.2, 0) is 11.2 Å². The van der Waals surface area contributed by atoms with Crippen molar-refractivity contribution in [2.45, 2.75) is 38.8 Å². The van der Waals surface area contributed by atoms with E-state index in [1.165, 1.54) is 30.1 Å². The Morgan fingerprint density at radius 2 is 2.09 bits per heavy atom. The molecule has 2 N–H and O–H groups in total. The Morgan fingerprint density at radius 3 is 2.78 bits per heavy atom. The van der Waals surface area contributed by atoms with Gasteiger partial charge in [-0.05, 0) is 67.1 Å². The van der Waals surface area contributed by atoms with Crippen LogP contribution in [0.5, 0.6) is 0 Å². The average molecular weight is 439 g/mol. The van der Waals surface area contributed by atoms with Gasteiger partial charge in [0.25, 0.3) is 11.5 Å². The molecule has 2 heterocycles. The lowest BCUT2D eigenvalue weighted by atomic mass is 9.94. The van der Waals surface area contributed by atoms with Crippen LogP contribution >= 0.6 is 0 Å². The van der Waals surface area contributed by atoms with Crippen molar-refractivity contribution in [2.24, 2.45) is 0 Å². The minimum atomic E-state index is -0.770. The van der Waals surface area contributed by atoms with Crippen LogP contribution in [0, 0.1) is 19.7 Å². The summed E-state index contributed by atoms with van der Waals surface area (Å²) in [5.41, 5.74) is 3.83. The highest BCUT2D eigenvalue weighted by molar-refractivity contribution is 5.94. The topological polar surface area (TPSA) is 93.5 Å². The summed E-state index contributed by atoms with van der Waals surface area (Å²) in [6.45, 7) is 4.53. The predicted molar refractivity (Wildman–Crippen MR) is 119 cm³/mol. The van der Waals surface area contributed by atoms with Crippen molar-refractivity contribution in [3.8, 4) is 0 Å². The normalized spacial score (nSPS) is 18.7. The minimum Gasteiger partial charge on any atom is -0.389 e. The van der Waals surface area contributed by atoms with E-state index in [4.69, 9.17) is 4.74 Å². The zero-order chi connectivity index (χ0) is 23.0. The van der Waals surface area contributed by atoms with E-state index in [0.717, 1.165) is 16.7 Å². The molecule has 0 saturated carbocycles. The number of aliphatic hydroxyl groups is 1. The number of aromatic nitrogens is 2. The lowest BCUT2D eigenvalue weighted by Crippen LogP contribution is -2.39. The number of rotatable bonds is 4. The van der Waals surface area contributed by atoms with Gasteiger partial charge in [0, 0.05) is 13.7 Å². The van der Waals surface area contributed by atoms with Gasteiger partial charge in [0.2, 0.25) is 0 Å². The van der Waals surface area contributed by atoms with E-state index < -0.39 is 17.8 Å². The third kappa shape index (κ3) is 3.91. The standard InChI is InChI=1S/C24H26FN3O4/c1-13-14(2)22-18(24(31)28(12-27-22)20-6-7-32-11-21(20)29)10-16(13)8-15-4-5-17(19(25)9-15)23(30)26-3/h4-5,9-10,12,20-21,29H,6-8,11H2,1-3H3,(H,26,30)/t20-,21-/m0/s1. The number of benzene rings is 2. The fourth-order valence-corrected chi connectivity index (χ4v) is 4.28. The predicted octanol–water partition coefficient (Wildman–Crippen LogP) is 2.43. The van der Waals surface area contributed by atoms with Crippen molar-refractivity contribution in [2.75, 3.05) is 20.3 Å². The van der Waals surface area contributed by atoms with E-state index in [1.54, 1.807) is 12.1 Å². The molecule has 1 saturated heterocycles. The summed E-state index contributed by atoms with van der Waals surface area (Å²) in [6, 6.07) is 5.95. The monoisotopic (exact) mass is 439 g/mol. The summed E-state index contributed by atoms with van der Waals surface area (Å²) in [4.78, 5) is 29.6. The van der Waals surface area contributed by atoms with Crippen molar-refractivity contribution >= 4 is 16.8 Å². The highest BCUT2D eigenvalue weighted by Gasteiger charge is 2.27. The third-order valence-corrected chi connectivity index (χ3v) is 6.30. The highest BCUT2D eigenvalue weighted by Crippen LogP contribution is 2.26. The van der Waals surface area contributed by atoms with Crippen LogP contribution in [0.15, 0.2) is 35.4 Å². The van der Waals surface area contributed by atoms with Crippen molar-refractivity contribution in [1.29, 1.82) is 0 Å². The van der Waals surface area contributed by atoms with E-state index in [1.807, 2.05) is 13.8 Å². The molecule has 1 aliphatic rings. The molecule has 2 atom stereocenters. The summed E-state index contributed by atoms with van der Waals surface area (Å²) in [5, 5.41) is 13.2. The van der Waals surface area contributed by atoms with Crippen LogP contribution in [0.2, 0.25) is 0 Å². The number of hydrogen-bond acceptors (Lipinski definition) is 5. The summed E-state index contributed by atoms with van der Waals surface area (Å²) in [7, 11) is 1.46. The molecule has 8 heteroatoms. The van der Waals surface area contributed by atoms with Crippen LogP contribution in [0.4, 0.5) is 4.39 Å². The first-order valence-electron chi connectivity index (χ1n) is 10.6. The van der Waals surface area contributed by atoms with Crippen molar-refractivity contribution in [3.05, 3.63) is 74.6 Å². The molecular formula is C24H26FN3O4. The Bertz CT molecular complexity index is 1250. The fraction of sp³-hybridized carbons (Fsp3) is 0.375. The fourth-order valence-electron chi connectivity index (χ4n) is 4.28. The number of carbonyl (C=O) groups is 1. The van der Waals surface area contributed by atoms with Gasteiger partial charge in [-0.2, -0.15) is 0 Å². The molecule has 0 spiro atoms. The molecule has 1 amide bonds. The molecule has 0 aliphatic carbocycles. The summed E-state index contributed by atoms with van der Waals surface area (Å²) >= 11 is 0. The van der Waals surface area contributed by atoms with Gasteiger partial charge in [-0.25, -0.2) is 9.37 Å². The van der Waals surface area contributed by atoms with Crippen LogP contribution < -0.4 is 10.9 Å². The smallest absolute Gasteiger partial charge is 0.261 e. The molecular weight excluding hydrogens is 413 g/mol. The van der Waals surface area contributed by atoms with Gasteiger partial charge in [0.15, 0.2) is 0 Å². The number of halogens is 1. The second-order valence-electron chi connectivity index (χ2n) is 8.21. The number of nitrogens with zero attached hydrogens (tertiary/aromatic N) is 2. The molecule has 1 fully saturated rings. The van der Waals surface area contributed by atoms with Gasteiger partial charge >= 0.3 is 0 Å². The molecule has 7 nitrogen and oxygen atoms in total. The molecule has 3 aromatic rings. The zero-order valence-corrected chi connectivity index (χ0v) is 18.3. The lowest BCUT2D eigenvalue weighted by molar-refractivity contribution is -0.0395. The van der Waals surface area contributed by atoms with Gasteiger partial charge in [-0.1, -0.05) is 6.07 Å². The molecule has 1 aliphatic heterocycles. The number of aliphatic hydroxyl groups excluding tert-OH is 1. The first-order valence-corrected chi connectivity index (χ1v) is 10.6. The number of nitrogens with one attached hydrogen (secondary N) is 1. The largest absolute Gasteiger partial charge is 0.389 e. The second kappa shape index (κ2) is 8.80. The highest BCUT2D eigenvalue weighted by atomic mass is 19.1. The molecule has 2 aromatic carbocycles. The van der Waals surface area contributed by atoms with Crippen molar-refractivity contribution in [1.82, 2.24) is 14.9 Å². The zero-order valence-electron chi connectivity index (χ0n) is 18.3. The molecule has 32 heavy (non-hydrogen) atoms. The second-order valence-corrected chi connectivity index (χ2v) is 8.21. The first-order chi connectivity index (χ1) is 15.3. The first kappa shape index (κ1) is 22.1. The van der Waals surface area contributed by atoms with Crippen LogP contribution in [0.1, 0.15) is 45.1 Å². The SMILES string of the molecule is CNC(=O)c1ccc(Cc2cc3c(=O)n([C@H]4CCOC[C@@H]4O)cnc3c(C)c2C)cc1F. The number of ether oxygens (including phenoxy) is 1. The van der Waals surface area contributed by atoms with Gasteiger partial charge in [0.1, 0.15) is 5.82 Å². The van der Waals surface area contributed by atoms with E-state index in [-0.39, 0.29) is 23.8 Å². The van der Waals surface area contributed by atoms with Gasteiger partial charge < -0.3 is 15.2 Å². The summed E-state index contributed by atoms with van der Waals surface area (Å²) in [5.74, 6) is -1.07. The minimum absolute atomic E-state index is 0.00947. The molecule has 0 bridgehead atoms. The molecule has 0 radical (unpaired) electrons. The van der Waals surface area contributed by atoms with Crippen molar-refractivity contribution < 1.29 is 19.0 Å². The van der Waals surface area contributed by atoms with E-state index in [0.29, 0.717) is 35.9 Å². The van der Waals surface area contributed by atoms with Gasteiger partial charge in [-0.15, -0.1) is 0 Å². The maximum atomic E-state index is 14.4. The van der Waals surface area contributed by atoms with Crippen LogP contribution in [0.3, 0.4) is 0 Å². The number of fused-ring (bicyclic) bond motifs is 1. The van der Waals surface area contributed by atoms with Crippen molar-refractivity contribution in [3.63, 3.8) is 0 Å². The number of amides is 1. The van der Waals surface area contributed by atoms with Gasteiger partial charge in [-0.3, -0.25) is 14.2 Å². The number of hydrogen-bond donors (Lipinski definition) is 2. The molecule has 1 aromatic heterocycles. The van der Waals surface area contributed by atoms with E-state index >= 15 is 0 Å². The number of carbonyl (C=O) groups excluding carboxylic acids is 1. The Hall–Kier alpha value is -3.10. The molecule has 168 valence electrons. The Morgan fingerprint density at radius 1 is 1.31 bits per heavy atom. The van der Waals surface area contributed by atoms with E-state index in [9.17, 15) is 19.1 Å². The maximum Gasteiger partial charge on any atom is 0.261 e. The molecule has 0 unspecified atom stereocenters. The van der Waals surface area contributed by atoms with E-state index in [2.05, 4.69) is 10.3 Å². The summed E-state index contributed by atoms with van der Waals surface area (Å²) in [6.07, 6.45) is 1.67. The maximum absolute atomic E-state index is 14.4. The average Bonchev–Trinajstić information content (AvgIpc) is 2.78. The lowest BCUT2D eigenvalue weighted by Gasteiger charge is -2.29. The summed E-state index contributed by atoms with van der Waals surface area (Å²) < 4.78 is 21.2. The Balaban J connectivity index is 1.76. The Kier molecular flexibility index (Phi) is 6.08. The van der Waals surface area contributed by atoms with Crippen LogP contribution in [0.25, 0.3) is 10.9 Å². The Labute approximate surface area is 184 Å². The molecule has 4 rings (SSSR count). The van der Waals surface area contributed by atoms with Crippen LogP contribution in [-0.4, -0.2) is 46.9 Å².